The van der Waals surface area contributed by atoms with Crippen LogP contribution in [-0.4, -0.2) is 63.3 Å². The fourth-order valence-electron chi connectivity index (χ4n) is 4.93. The standard InChI is InChI=1S/C41H48O10/c1-27(2)37(42)47-21-9-19-45-32-15-11-30(12-16-32)34-23-29(5)24-35(36(34)51-39(44)41(8)25-49-40(6,7)50-26-41)31-13-17-33(18-14-31)46-20-10-22-48-38(43)28(3)4/h11-18,23-24H,1,3,9-10,19-22,25-26H2,2,4-8H3. The fourth-order valence-corrected chi connectivity index (χ4v) is 4.93. The zero-order valence-electron chi connectivity index (χ0n) is 30.4. The van der Waals surface area contributed by atoms with Crippen molar-refractivity contribution in [2.45, 2.75) is 60.2 Å². The molecule has 0 spiro atoms. The lowest BCUT2D eigenvalue weighted by Gasteiger charge is -2.39. The second-order valence-corrected chi connectivity index (χ2v) is 13.4. The quantitative estimate of drug-likeness (QED) is 0.0634. The molecule has 0 aromatic heterocycles. The Hall–Kier alpha value is -4.93. The molecule has 0 aliphatic carbocycles. The van der Waals surface area contributed by atoms with Crippen molar-refractivity contribution >= 4 is 17.9 Å². The normalized spacial score (nSPS) is 14.5. The summed E-state index contributed by atoms with van der Waals surface area (Å²) in [7, 11) is 0. The van der Waals surface area contributed by atoms with E-state index in [1.54, 1.807) is 20.8 Å². The van der Waals surface area contributed by atoms with Crippen molar-refractivity contribution in [1.29, 1.82) is 0 Å². The van der Waals surface area contributed by atoms with E-state index in [9.17, 15) is 14.4 Å². The minimum Gasteiger partial charge on any atom is -0.493 e. The van der Waals surface area contributed by atoms with Gasteiger partial charge in [-0.3, -0.25) is 4.79 Å². The van der Waals surface area contributed by atoms with Gasteiger partial charge in [-0.25, -0.2) is 9.59 Å². The minimum atomic E-state index is -1.03. The molecule has 10 nitrogen and oxygen atoms in total. The lowest BCUT2D eigenvalue weighted by atomic mass is 9.91. The first kappa shape index (κ1) is 38.9. The van der Waals surface area contributed by atoms with Crippen molar-refractivity contribution < 1.29 is 47.5 Å². The number of hydrogen-bond donors (Lipinski definition) is 0. The first-order valence-corrected chi connectivity index (χ1v) is 16.9. The lowest BCUT2D eigenvalue weighted by Crippen LogP contribution is -2.50. The molecule has 0 atom stereocenters. The number of rotatable bonds is 16. The minimum absolute atomic E-state index is 0.145. The van der Waals surface area contributed by atoms with Crippen LogP contribution in [0.4, 0.5) is 0 Å². The number of benzene rings is 3. The summed E-state index contributed by atoms with van der Waals surface area (Å²) in [6, 6.07) is 19.0. The van der Waals surface area contributed by atoms with Gasteiger partial charge in [-0.2, -0.15) is 0 Å². The SMILES string of the molecule is C=C(C)C(=O)OCCCOc1ccc(-c2cc(C)cc(-c3ccc(OCCCOC(=O)C(=C)C)cc3)c2OC(=O)C2(C)COC(C)(C)OC2)cc1. The van der Waals surface area contributed by atoms with Crippen molar-refractivity contribution in [3.05, 3.63) is 90.5 Å². The predicted molar refractivity (Wildman–Crippen MR) is 194 cm³/mol. The largest absolute Gasteiger partial charge is 0.493 e. The molecule has 51 heavy (non-hydrogen) atoms. The van der Waals surface area contributed by atoms with Gasteiger partial charge in [-0.05, 0) is 94.6 Å². The number of carbonyl (C=O) groups excluding carboxylic acids is 3. The van der Waals surface area contributed by atoms with Crippen LogP contribution in [0.25, 0.3) is 22.3 Å². The van der Waals surface area contributed by atoms with E-state index in [1.165, 1.54) is 0 Å². The Bertz CT molecular complexity index is 1610. The van der Waals surface area contributed by atoms with Gasteiger partial charge in [0.2, 0.25) is 0 Å². The second kappa shape index (κ2) is 17.3. The maximum absolute atomic E-state index is 13.9. The molecule has 1 heterocycles. The van der Waals surface area contributed by atoms with E-state index in [1.807, 2.05) is 81.4 Å². The Morgan fingerprint density at radius 3 is 1.49 bits per heavy atom. The molecule has 0 unspecified atom stereocenters. The summed E-state index contributed by atoms with van der Waals surface area (Å²) in [6.45, 7) is 19.2. The summed E-state index contributed by atoms with van der Waals surface area (Å²) in [4.78, 5) is 37.1. The highest BCUT2D eigenvalue weighted by Crippen LogP contribution is 2.43. The van der Waals surface area contributed by atoms with Gasteiger partial charge in [0.05, 0.1) is 39.6 Å². The third kappa shape index (κ3) is 11.0. The second-order valence-electron chi connectivity index (χ2n) is 13.4. The average molecular weight is 701 g/mol. The van der Waals surface area contributed by atoms with Crippen molar-refractivity contribution in [3.8, 4) is 39.5 Å². The van der Waals surface area contributed by atoms with Crippen molar-refractivity contribution in [1.82, 2.24) is 0 Å². The van der Waals surface area contributed by atoms with Crippen LogP contribution in [0.1, 0.15) is 53.0 Å². The molecule has 0 radical (unpaired) electrons. The molecule has 0 amide bonds. The van der Waals surface area contributed by atoms with Crippen LogP contribution in [0, 0.1) is 12.3 Å². The molecule has 3 aromatic carbocycles. The summed E-state index contributed by atoms with van der Waals surface area (Å²) in [5, 5.41) is 0. The molecule has 0 N–H and O–H groups in total. The monoisotopic (exact) mass is 700 g/mol. The third-order valence-electron chi connectivity index (χ3n) is 8.01. The van der Waals surface area contributed by atoms with Crippen molar-refractivity contribution in [3.63, 3.8) is 0 Å². The highest BCUT2D eigenvalue weighted by molar-refractivity contribution is 5.89. The highest BCUT2D eigenvalue weighted by atomic mass is 16.7. The average Bonchev–Trinajstić information content (AvgIpc) is 3.10. The number of hydrogen-bond acceptors (Lipinski definition) is 10. The molecular weight excluding hydrogens is 652 g/mol. The van der Waals surface area contributed by atoms with E-state index in [0.717, 1.165) is 27.8 Å². The van der Waals surface area contributed by atoms with Crippen LogP contribution < -0.4 is 14.2 Å². The van der Waals surface area contributed by atoms with Crippen molar-refractivity contribution in [2.24, 2.45) is 5.41 Å². The molecule has 0 saturated carbocycles. The molecule has 1 aliphatic rings. The Balaban J connectivity index is 1.56. The highest BCUT2D eigenvalue weighted by Gasteiger charge is 2.44. The first-order chi connectivity index (χ1) is 24.2. The van der Waals surface area contributed by atoms with E-state index in [4.69, 9.17) is 33.2 Å². The smallest absolute Gasteiger partial charge is 0.333 e. The van der Waals surface area contributed by atoms with Gasteiger partial charge >= 0.3 is 17.9 Å². The Labute approximate surface area is 300 Å². The van der Waals surface area contributed by atoms with Crippen LogP contribution in [0.5, 0.6) is 17.2 Å². The van der Waals surface area contributed by atoms with Gasteiger partial charge in [-0.15, -0.1) is 0 Å². The van der Waals surface area contributed by atoms with Gasteiger partial charge in [0, 0.05) is 35.1 Å². The zero-order valence-corrected chi connectivity index (χ0v) is 30.4. The van der Waals surface area contributed by atoms with Gasteiger partial charge in [-0.1, -0.05) is 37.4 Å². The van der Waals surface area contributed by atoms with Gasteiger partial charge < -0.3 is 33.2 Å². The molecule has 0 bridgehead atoms. The number of carbonyl (C=O) groups is 3. The molecule has 3 aromatic rings. The molecule has 1 saturated heterocycles. The molecule has 272 valence electrons. The van der Waals surface area contributed by atoms with E-state index >= 15 is 0 Å². The zero-order chi connectivity index (χ0) is 37.2. The molecule has 4 rings (SSSR count). The molecule has 1 aliphatic heterocycles. The van der Waals surface area contributed by atoms with Gasteiger partial charge in [0.25, 0.3) is 0 Å². The molecule has 10 heteroatoms. The van der Waals surface area contributed by atoms with Crippen LogP contribution in [0.15, 0.2) is 85.0 Å². The maximum Gasteiger partial charge on any atom is 0.333 e. The van der Waals surface area contributed by atoms with Gasteiger partial charge in [0.1, 0.15) is 22.7 Å². The van der Waals surface area contributed by atoms with Crippen LogP contribution in [-0.2, 0) is 33.3 Å². The predicted octanol–water partition coefficient (Wildman–Crippen LogP) is 7.80. The summed E-state index contributed by atoms with van der Waals surface area (Å²) in [5.74, 6) is -0.413. The lowest BCUT2D eigenvalue weighted by molar-refractivity contribution is -0.279. The summed E-state index contributed by atoms with van der Waals surface area (Å²) in [5.41, 5.74) is 3.74. The van der Waals surface area contributed by atoms with Gasteiger partial charge in [0.15, 0.2) is 5.79 Å². The first-order valence-electron chi connectivity index (χ1n) is 16.9. The van der Waals surface area contributed by atoms with E-state index in [-0.39, 0.29) is 26.4 Å². The van der Waals surface area contributed by atoms with E-state index < -0.39 is 29.1 Å². The summed E-state index contributed by atoms with van der Waals surface area (Å²) < 4.78 is 40.0. The summed E-state index contributed by atoms with van der Waals surface area (Å²) >= 11 is 0. The van der Waals surface area contributed by atoms with Crippen LogP contribution in [0.3, 0.4) is 0 Å². The number of esters is 3. The Morgan fingerprint density at radius 2 is 1.10 bits per heavy atom. The number of aryl methyl sites for hydroxylation is 1. The Morgan fingerprint density at radius 1 is 0.686 bits per heavy atom. The van der Waals surface area contributed by atoms with E-state index in [0.29, 0.717) is 54.5 Å². The third-order valence-corrected chi connectivity index (χ3v) is 8.01. The van der Waals surface area contributed by atoms with Crippen LogP contribution in [0.2, 0.25) is 0 Å². The van der Waals surface area contributed by atoms with E-state index in [2.05, 4.69) is 13.2 Å². The maximum atomic E-state index is 13.9. The van der Waals surface area contributed by atoms with Crippen molar-refractivity contribution in [2.75, 3.05) is 39.6 Å². The summed E-state index contributed by atoms with van der Waals surface area (Å²) in [6.07, 6.45) is 1.06. The Kier molecular flexibility index (Phi) is 13.2. The van der Waals surface area contributed by atoms with Crippen LogP contribution >= 0.6 is 0 Å². The molecule has 1 fully saturated rings. The molecular formula is C41H48O10. The topological polar surface area (TPSA) is 116 Å². The number of ether oxygens (including phenoxy) is 7. The fraction of sp³-hybridized carbons (Fsp3) is 0.390.